The standard InChI is InChI=1S/C33H28N2O5S/c1-4-19-40-25-18-17-22(20-26(25)38-5-2)21-27-31(36)35-30(24-15-11-8-12-16-24)28(32(37)39-6-3)29(34-33(35)41-27)23-13-9-7-10-14-23/h1,7-18,20-21,30H,5-6,19H2,2-3H3/b27-21-/t30-/m0/s1. The second-order valence-electron chi connectivity index (χ2n) is 8.97. The largest absolute Gasteiger partial charge is 0.490 e. The van der Waals surface area contributed by atoms with Gasteiger partial charge in [0.15, 0.2) is 16.3 Å². The number of hydrogen-bond acceptors (Lipinski definition) is 7. The second kappa shape index (κ2) is 12.5. The fourth-order valence-corrected chi connectivity index (χ4v) is 5.66. The Kier molecular flexibility index (Phi) is 8.47. The Morgan fingerprint density at radius 1 is 1.00 bits per heavy atom. The summed E-state index contributed by atoms with van der Waals surface area (Å²) in [4.78, 5) is 32.9. The van der Waals surface area contributed by atoms with Gasteiger partial charge in [-0.2, -0.15) is 0 Å². The molecule has 1 aliphatic heterocycles. The monoisotopic (exact) mass is 564 g/mol. The van der Waals surface area contributed by atoms with Gasteiger partial charge in [0, 0.05) is 5.56 Å². The number of thiazole rings is 1. The zero-order valence-electron chi connectivity index (χ0n) is 22.7. The molecule has 5 rings (SSSR count). The maximum atomic E-state index is 14.0. The number of terminal acetylenes is 1. The first-order valence-corrected chi connectivity index (χ1v) is 14.0. The van der Waals surface area contributed by atoms with Crippen molar-refractivity contribution in [1.82, 2.24) is 4.57 Å². The lowest BCUT2D eigenvalue weighted by molar-refractivity contribution is -0.138. The number of ether oxygens (including phenoxy) is 3. The van der Waals surface area contributed by atoms with Crippen molar-refractivity contribution in [1.29, 1.82) is 0 Å². The van der Waals surface area contributed by atoms with E-state index in [2.05, 4.69) is 5.92 Å². The van der Waals surface area contributed by atoms with Crippen LogP contribution in [-0.2, 0) is 9.53 Å². The van der Waals surface area contributed by atoms with Crippen molar-refractivity contribution in [2.75, 3.05) is 19.8 Å². The van der Waals surface area contributed by atoms with Crippen molar-refractivity contribution in [3.05, 3.63) is 121 Å². The fraction of sp³-hybridized carbons (Fsp3) is 0.182. The third-order valence-corrected chi connectivity index (χ3v) is 7.35. The van der Waals surface area contributed by atoms with Gasteiger partial charge in [-0.1, -0.05) is 84.0 Å². The van der Waals surface area contributed by atoms with Crippen LogP contribution in [0.2, 0.25) is 0 Å². The van der Waals surface area contributed by atoms with E-state index in [1.807, 2.05) is 79.7 Å². The van der Waals surface area contributed by atoms with Gasteiger partial charge in [-0.05, 0) is 43.2 Å². The number of esters is 1. The van der Waals surface area contributed by atoms with Gasteiger partial charge in [0.25, 0.3) is 5.56 Å². The van der Waals surface area contributed by atoms with E-state index in [-0.39, 0.29) is 18.8 Å². The van der Waals surface area contributed by atoms with Crippen molar-refractivity contribution < 1.29 is 19.0 Å². The second-order valence-corrected chi connectivity index (χ2v) is 9.98. The van der Waals surface area contributed by atoms with E-state index in [9.17, 15) is 9.59 Å². The summed E-state index contributed by atoms with van der Waals surface area (Å²) in [6.45, 7) is 4.38. The highest BCUT2D eigenvalue weighted by Crippen LogP contribution is 2.35. The number of benzene rings is 3. The predicted octanol–water partition coefficient (Wildman–Crippen LogP) is 4.35. The smallest absolute Gasteiger partial charge is 0.338 e. The molecule has 0 saturated heterocycles. The van der Waals surface area contributed by atoms with Gasteiger partial charge in [0.1, 0.15) is 6.61 Å². The van der Waals surface area contributed by atoms with Gasteiger partial charge < -0.3 is 14.2 Å². The Morgan fingerprint density at radius 3 is 2.41 bits per heavy atom. The molecule has 1 aromatic heterocycles. The van der Waals surface area contributed by atoms with Crippen LogP contribution in [-0.4, -0.2) is 30.4 Å². The SMILES string of the molecule is C#CCOc1ccc(/C=c2\sc3n(c2=O)[C@@H](c2ccccc2)C(C(=O)OCC)=C(c2ccccc2)N=3)cc1OCC. The molecule has 4 aromatic rings. The number of aromatic nitrogens is 1. The molecule has 1 aliphatic rings. The number of carbonyl (C=O) groups is 1. The lowest BCUT2D eigenvalue weighted by Gasteiger charge is -2.25. The molecule has 0 radical (unpaired) electrons. The molecule has 0 fully saturated rings. The fourth-order valence-electron chi connectivity index (χ4n) is 4.66. The normalized spacial score (nSPS) is 14.6. The van der Waals surface area contributed by atoms with Crippen LogP contribution in [0.15, 0.2) is 94.2 Å². The van der Waals surface area contributed by atoms with Crippen LogP contribution < -0.4 is 24.4 Å². The first kappa shape index (κ1) is 27.7. The van der Waals surface area contributed by atoms with Crippen LogP contribution in [0, 0.1) is 12.3 Å². The van der Waals surface area contributed by atoms with E-state index in [0.717, 1.165) is 16.7 Å². The number of carbonyl (C=O) groups excluding carboxylic acids is 1. The molecule has 0 N–H and O–H groups in total. The van der Waals surface area contributed by atoms with Crippen LogP contribution in [0.25, 0.3) is 11.8 Å². The van der Waals surface area contributed by atoms with Crippen molar-refractivity contribution in [2.24, 2.45) is 4.99 Å². The maximum Gasteiger partial charge on any atom is 0.338 e. The van der Waals surface area contributed by atoms with Gasteiger partial charge in [-0.15, -0.1) is 6.42 Å². The average molecular weight is 565 g/mol. The van der Waals surface area contributed by atoms with E-state index in [1.54, 1.807) is 23.6 Å². The molecule has 8 heteroatoms. The zero-order valence-corrected chi connectivity index (χ0v) is 23.5. The summed E-state index contributed by atoms with van der Waals surface area (Å²) >= 11 is 1.26. The highest BCUT2D eigenvalue weighted by Gasteiger charge is 2.35. The van der Waals surface area contributed by atoms with Crippen LogP contribution in [0.1, 0.15) is 36.6 Å². The Balaban J connectivity index is 1.73. The molecule has 2 heterocycles. The van der Waals surface area contributed by atoms with Gasteiger partial charge in [0.2, 0.25) is 0 Å². The lowest BCUT2D eigenvalue weighted by Crippen LogP contribution is -2.39. The minimum atomic E-state index is -0.720. The quantitative estimate of drug-likeness (QED) is 0.223. The van der Waals surface area contributed by atoms with E-state index < -0.39 is 12.0 Å². The van der Waals surface area contributed by atoms with Crippen molar-refractivity contribution >= 4 is 29.1 Å². The molecule has 1 atom stereocenters. The molecule has 0 unspecified atom stereocenters. The minimum absolute atomic E-state index is 0.115. The van der Waals surface area contributed by atoms with E-state index in [1.165, 1.54) is 11.3 Å². The van der Waals surface area contributed by atoms with Crippen LogP contribution in [0.4, 0.5) is 0 Å². The summed E-state index contributed by atoms with van der Waals surface area (Å²) < 4.78 is 18.9. The first-order valence-electron chi connectivity index (χ1n) is 13.2. The molecule has 206 valence electrons. The third-order valence-electron chi connectivity index (χ3n) is 6.37. The Hall–Kier alpha value is -4.87. The Bertz CT molecular complexity index is 1820. The number of fused-ring (bicyclic) bond motifs is 1. The molecule has 0 bridgehead atoms. The molecule has 0 saturated carbocycles. The average Bonchev–Trinajstić information content (AvgIpc) is 3.31. The Labute approximate surface area is 241 Å². The van der Waals surface area contributed by atoms with E-state index in [4.69, 9.17) is 25.6 Å². The van der Waals surface area contributed by atoms with Crippen LogP contribution in [0.3, 0.4) is 0 Å². The predicted molar refractivity (Wildman–Crippen MR) is 159 cm³/mol. The number of rotatable bonds is 9. The maximum absolute atomic E-state index is 14.0. The molecular weight excluding hydrogens is 536 g/mol. The van der Waals surface area contributed by atoms with E-state index >= 15 is 0 Å². The minimum Gasteiger partial charge on any atom is -0.490 e. The summed E-state index contributed by atoms with van der Waals surface area (Å²) in [6.07, 6.45) is 7.13. The molecule has 3 aromatic carbocycles. The molecule has 0 aliphatic carbocycles. The van der Waals surface area contributed by atoms with Crippen LogP contribution in [0.5, 0.6) is 11.5 Å². The van der Waals surface area contributed by atoms with Crippen molar-refractivity contribution in [3.63, 3.8) is 0 Å². The zero-order chi connectivity index (χ0) is 28.8. The summed E-state index contributed by atoms with van der Waals surface area (Å²) in [6, 6.07) is 23.6. The molecule has 7 nitrogen and oxygen atoms in total. The summed E-state index contributed by atoms with van der Waals surface area (Å²) in [5.74, 6) is 3.00. The van der Waals surface area contributed by atoms with E-state index in [0.29, 0.717) is 38.7 Å². The third kappa shape index (κ3) is 5.72. The Morgan fingerprint density at radius 2 is 1.73 bits per heavy atom. The molecule has 41 heavy (non-hydrogen) atoms. The van der Waals surface area contributed by atoms with Gasteiger partial charge in [-0.25, -0.2) is 9.79 Å². The molecular formula is C33H28N2O5S. The van der Waals surface area contributed by atoms with Crippen LogP contribution >= 0.6 is 11.3 Å². The van der Waals surface area contributed by atoms with Gasteiger partial charge in [0.05, 0.1) is 35.1 Å². The lowest BCUT2D eigenvalue weighted by atomic mass is 9.93. The summed E-state index contributed by atoms with van der Waals surface area (Å²) in [7, 11) is 0. The molecule has 0 spiro atoms. The van der Waals surface area contributed by atoms with Crippen molar-refractivity contribution in [2.45, 2.75) is 19.9 Å². The van der Waals surface area contributed by atoms with Gasteiger partial charge in [-0.3, -0.25) is 9.36 Å². The highest BCUT2D eigenvalue weighted by molar-refractivity contribution is 7.07. The summed E-state index contributed by atoms with van der Waals surface area (Å²) in [5, 5.41) is 0. The topological polar surface area (TPSA) is 79.1 Å². The number of nitrogens with zero attached hydrogens (tertiary/aromatic N) is 2. The first-order chi connectivity index (χ1) is 20.0. The highest BCUT2D eigenvalue weighted by atomic mass is 32.1. The van der Waals surface area contributed by atoms with Gasteiger partial charge >= 0.3 is 5.97 Å². The molecule has 0 amide bonds. The summed E-state index contributed by atoms with van der Waals surface area (Å²) in [5.41, 5.74) is 2.83. The van der Waals surface area contributed by atoms with Crippen molar-refractivity contribution in [3.8, 4) is 23.8 Å². The number of hydrogen-bond donors (Lipinski definition) is 0.